The molecule has 0 saturated carbocycles. The molecule has 0 radical (unpaired) electrons. The second-order valence-corrected chi connectivity index (χ2v) is 5.30. The zero-order chi connectivity index (χ0) is 15.7. The average Bonchev–Trinajstić information content (AvgIpc) is 2.57. The predicted molar refractivity (Wildman–Crippen MR) is 97.0 cm³/mol. The van der Waals surface area contributed by atoms with Crippen molar-refractivity contribution in [1.82, 2.24) is 4.98 Å². The van der Waals surface area contributed by atoms with Crippen LogP contribution in [0.5, 0.6) is 11.5 Å². The lowest BCUT2D eigenvalue weighted by molar-refractivity contribution is 0.355. The molecule has 0 bridgehead atoms. The van der Waals surface area contributed by atoms with Gasteiger partial charge in [0.15, 0.2) is 11.5 Å². The molecule has 0 aliphatic rings. The van der Waals surface area contributed by atoms with E-state index in [1.165, 1.54) is 16.5 Å². The van der Waals surface area contributed by atoms with Gasteiger partial charge in [0, 0.05) is 10.9 Å². The van der Waals surface area contributed by atoms with E-state index in [1.807, 2.05) is 36.4 Å². The maximum Gasteiger partial charge on any atom is 0.161 e. The minimum atomic E-state index is 0. The van der Waals surface area contributed by atoms with Crippen molar-refractivity contribution in [3.63, 3.8) is 0 Å². The third-order valence-electron chi connectivity index (χ3n) is 4.11. The number of para-hydroxylation sites is 1. The summed E-state index contributed by atoms with van der Waals surface area (Å²) in [6, 6.07) is 14.1. The summed E-state index contributed by atoms with van der Waals surface area (Å²) in [6.45, 7) is 4.25. The van der Waals surface area contributed by atoms with E-state index in [0.29, 0.717) is 5.75 Å². The molecule has 0 fully saturated rings. The van der Waals surface area contributed by atoms with Gasteiger partial charge in [0.25, 0.3) is 0 Å². The van der Waals surface area contributed by atoms with Gasteiger partial charge in [-0.2, -0.15) is 0 Å². The van der Waals surface area contributed by atoms with Crippen LogP contribution in [-0.2, 0) is 0 Å². The van der Waals surface area contributed by atoms with Crippen LogP contribution in [0.3, 0.4) is 0 Å². The third-order valence-corrected chi connectivity index (χ3v) is 4.11. The predicted octanol–water partition coefficient (Wildman–Crippen LogP) is 4.96. The normalized spacial score (nSPS) is 10.3. The monoisotopic (exact) mass is 329 g/mol. The van der Waals surface area contributed by atoms with Crippen molar-refractivity contribution in [3.8, 4) is 22.8 Å². The van der Waals surface area contributed by atoms with E-state index in [4.69, 9.17) is 14.5 Å². The Kier molecular flexibility index (Phi) is 5.12. The fraction of sp³-hybridized carbons (Fsp3) is 0.211. The van der Waals surface area contributed by atoms with E-state index in [9.17, 15) is 0 Å². The van der Waals surface area contributed by atoms with Crippen LogP contribution >= 0.6 is 12.4 Å². The first-order valence-electron chi connectivity index (χ1n) is 7.24. The number of aromatic nitrogens is 1. The first-order valence-corrected chi connectivity index (χ1v) is 7.24. The summed E-state index contributed by atoms with van der Waals surface area (Å²) in [6.07, 6.45) is 0. The lowest BCUT2D eigenvalue weighted by Crippen LogP contribution is -1.96. The van der Waals surface area contributed by atoms with E-state index in [1.54, 1.807) is 14.2 Å². The van der Waals surface area contributed by atoms with Crippen molar-refractivity contribution in [2.24, 2.45) is 0 Å². The number of hydrogen-bond acceptors (Lipinski definition) is 3. The van der Waals surface area contributed by atoms with Crippen molar-refractivity contribution >= 4 is 23.3 Å². The lowest BCUT2D eigenvalue weighted by Gasteiger charge is -2.14. The fourth-order valence-corrected chi connectivity index (χ4v) is 2.74. The first-order chi connectivity index (χ1) is 10.7. The minimum absolute atomic E-state index is 0. The van der Waals surface area contributed by atoms with Gasteiger partial charge in [-0.15, -0.1) is 12.4 Å². The number of aryl methyl sites for hydroxylation is 1. The van der Waals surface area contributed by atoms with Crippen molar-refractivity contribution in [2.75, 3.05) is 14.2 Å². The average molecular weight is 330 g/mol. The Labute approximate surface area is 142 Å². The number of nitrogens with zero attached hydrogens (tertiary/aromatic N) is 1. The smallest absolute Gasteiger partial charge is 0.161 e. The summed E-state index contributed by atoms with van der Waals surface area (Å²) in [7, 11) is 3.29. The third kappa shape index (κ3) is 2.97. The molecule has 0 amide bonds. The Bertz CT molecular complexity index is 846. The summed E-state index contributed by atoms with van der Waals surface area (Å²) in [5.41, 5.74) is 5.47. The molecule has 1 aromatic heterocycles. The van der Waals surface area contributed by atoms with E-state index < -0.39 is 0 Å². The SMILES string of the molecule is COc1ccc(-c2nc3ccccc3c(C)c2C)cc1OC.Cl. The van der Waals surface area contributed by atoms with E-state index in [0.717, 1.165) is 22.5 Å². The van der Waals surface area contributed by atoms with E-state index in [-0.39, 0.29) is 12.4 Å². The minimum Gasteiger partial charge on any atom is -0.493 e. The zero-order valence-corrected chi connectivity index (χ0v) is 14.5. The first kappa shape index (κ1) is 17.1. The van der Waals surface area contributed by atoms with Crippen LogP contribution < -0.4 is 9.47 Å². The van der Waals surface area contributed by atoms with Crippen LogP contribution in [0.25, 0.3) is 22.2 Å². The van der Waals surface area contributed by atoms with Crippen LogP contribution in [0.4, 0.5) is 0 Å². The van der Waals surface area contributed by atoms with Gasteiger partial charge < -0.3 is 9.47 Å². The molecule has 23 heavy (non-hydrogen) atoms. The highest BCUT2D eigenvalue weighted by Gasteiger charge is 2.12. The van der Waals surface area contributed by atoms with Crippen molar-refractivity contribution < 1.29 is 9.47 Å². The number of rotatable bonds is 3. The van der Waals surface area contributed by atoms with Crippen molar-refractivity contribution in [2.45, 2.75) is 13.8 Å². The van der Waals surface area contributed by atoms with Crippen molar-refractivity contribution in [1.29, 1.82) is 0 Å². The molecule has 0 unspecified atom stereocenters. The number of benzene rings is 2. The molecule has 4 heteroatoms. The van der Waals surface area contributed by atoms with Crippen molar-refractivity contribution in [3.05, 3.63) is 53.6 Å². The van der Waals surface area contributed by atoms with Gasteiger partial charge in [0.2, 0.25) is 0 Å². The molecule has 3 rings (SSSR count). The number of fused-ring (bicyclic) bond motifs is 1. The maximum absolute atomic E-state index is 5.40. The second kappa shape index (κ2) is 6.88. The quantitative estimate of drug-likeness (QED) is 0.680. The Morgan fingerprint density at radius 3 is 2.22 bits per heavy atom. The number of ether oxygens (including phenoxy) is 2. The molecule has 0 aliphatic carbocycles. The molecule has 0 aliphatic heterocycles. The van der Waals surface area contributed by atoms with Gasteiger partial charge in [-0.05, 0) is 49.2 Å². The second-order valence-electron chi connectivity index (χ2n) is 5.30. The van der Waals surface area contributed by atoms with E-state index >= 15 is 0 Å². The van der Waals surface area contributed by atoms with Crippen LogP contribution in [0, 0.1) is 13.8 Å². The molecular formula is C19H20ClNO2. The summed E-state index contributed by atoms with van der Waals surface area (Å²) in [4.78, 5) is 4.84. The highest BCUT2D eigenvalue weighted by molar-refractivity contribution is 5.87. The zero-order valence-electron chi connectivity index (χ0n) is 13.7. The highest BCUT2D eigenvalue weighted by atomic mass is 35.5. The molecule has 2 aromatic carbocycles. The Morgan fingerprint density at radius 1 is 0.826 bits per heavy atom. The Morgan fingerprint density at radius 2 is 1.52 bits per heavy atom. The number of hydrogen-bond donors (Lipinski definition) is 0. The van der Waals surface area contributed by atoms with Gasteiger partial charge in [0.1, 0.15) is 0 Å². The Hall–Kier alpha value is -2.26. The van der Waals surface area contributed by atoms with Crippen LogP contribution in [-0.4, -0.2) is 19.2 Å². The summed E-state index contributed by atoms with van der Waals surface area (Å²) < 4.78 is 10.7. The Balaban J connectivity index is 0.00000192. The lowest BCUT2D eigenvalue weighted by atomic mass is 9.98. The van der Waals surface area contributed by atoms with Gasteiger partial charge in [-0.3, -0.25) is 0 Å². The van der Waals surface area contributed by atoms with Gasteiger partial charge >= 0.3 is 0 Å². The van der Waals surface area contributed by atoms with Crippen LogP contribution in [0.2, 0.25) is 0 Å². The highest BCUT2D eigenvalue weighted by Crippen LogP contribution is 2.34. The molecular weight excluding hydrogens is 310 g/mol. The van der Waals surface area contributed by atoms with Gasteiger partial charge in [0.05, 0.1) is 25.4 Å². The summed E-state index contributed by atoms with van der Waals surface area (Å²) in [5, 5.41) is 1.20. The topological polar surface area (TPSA) is 31.4 Å². The number of methoxy groups -OCH3 is 2. The summed E-state index contributed by atoms with van der Waals surface area (Å²) in [5.74, 6) is 1.44. The standard InChI is InChI=1S/C19H19NO2.ClH/c1-12-13(2)19(20-16-8-6-5-7-15(12)16)14-9-10-17(21-3)18(11-14)22-4;/h5-11H,1-4H3;1H. The molecule has 0 atom stereocenters. The molecule has 0 spiro atoms. The molecule has 3 aromatic rings. The molecule has 1 heterocycles. The largest absolute Gasteiger partial charge is 0.493 e. The van der Waals surface area contributed by atoms with Crippen LogP contribution in [0.15, 0.2) is 42.5 Å². The molecule has 0 saturated heterocycles. The number of pyridine rings is 1. The maximum atomic E-state index is 5.40. The fourth-order valence-electron chi connectivity index (χ4n) is 2.74. The summed E-state index contributed by atoms with van der Waals surface area (Å²) >= 11 is 0. The van der Waals surface area contributed by atoms with E-state index in [2.05, 4.69) is 19.9 Å². The van der Waals surface area contributed by atoms with Crippen LogP contribution in [0.1, 0.15) is 11.1 Å². The number of halogens is 1. The molecule has 3 nitrogen and oxygen atoms in total. The molecule has 120 valence electrons. The van der Waals surface area contributed by atoms with Gasteiger partial charge in [-0.25, -0.2) is 4.98 Å². The van der Waals surface area contributed by atoms with Gasteiger partial charge in [-0.1, -0.05) is 18.2 Å². The molecule has 0 N–H and O–H groups in total.